The molecule has 2 rings (SSSR count). The molecule has 1 amide bonds. The van der Waals surface area contributed by atoms with Gasteiger partial charge in [0, 0.05) is 17.4 Å². The molecule has 1 saturated heterocycles. The molecule has 0 radical (unpaired) electrons. The summed E-state index contributed by atoms with van der Waals surface area (Å²) in [5, 5.41) is 11.7. The number of nitrogens with zero attached hydrogens (tertiary/aromatic N) is 1. The van der Waals surface area contributed by atoms with E-state index in [4.69, 9.17) is 5.11 Å². The number of carboxylic acid groups (broad SMARTS) is 1. The Morgan fingerprint density at radius 2 is 1.95 bits per heavy atom. The first-order chi connectivity index (χ1) is 10.5. The molecule has 6 heteroatoms. The molecule has 0 unspecified atom stereocenters. The number of carbonyl (C=O) groups excluding carboxylic acids is 1. The second-order valence-corrected chi connectivity index (χ2v) is 6.54. The fourth-order valence-corrected chi connectivity index (χ4v) is 3.12. The van der Waals surface area contributed by atoms with Gasteiger partial charge in [-0.3, -0.25) is 14.5 Å². The molecule has 0 atom stereocenters. The van der Waals surface area contributed by atoms with Crippen molar-refractivity contribution in [2.75, 3.05) is 19.6 Å². The molecule has 1 aromatic carbocycles. The van der Waals surface area contributed by atoms with Crippen LogP contribution in [0, 0.1) is 5.92 Å². The minimum atomic E-state index is -0.732. The van der Waals surface area contributed by atoms with Crippen molar-refractivity contribution in [2.24, 2.45) is 5.92 Å². The van der Waals surface area contributed by atoms with Crippen LogP contribution >= 0.6 is 15.9 Å². The van der Waals surface area contributed by atoms with Crippen molar-refractivity contribution in [1.82, 2.24) is 10.2 Å². The van der Waals surface area contributed by atoms with Gasteiger partial charge in [0.1, 0.15) is 0 Å². The van der Waals surface area contributed by atoms with Crippen LogP contribution in [0.3, 0.4) is 0 Å². The molecule has 120 valence electrons. The number of benzene rings is 1. The van der Waals surface area contributed by atoms with E-state index in [0.29, 0.717) is 13.1 Å². The van der Waals surface area contributed by atoms with E-state index in [1.807, 2.05) is 24.3 Å². The van der Waals surface area contributed by atoms with Gasteiger partial charge in [0.15, 0.2) is 0 Å². The number of carboxylic acids is 1. The van der Waals surface area contributed by atoms with Crippen molar-refractivity contribution >= 4 is 27.8 Å². The lowest BCUT2D eigenvalue weighted by molar-refractivity contribution is -0.138. The Bertz CT molecular complexity index is 528. The van der Waals surface area contributed by atoms with Crippen LogP contribution in [0.1, 0.15) is 24.8 Å². The predicted molar refractivity (Wildman–Crippen MR) is 87.4 cm³/mol. The highest BCUT2D eigenvalue weighted by molar-refractivity contribution is 9.10. The van der Waals surface area contributed by atoms with Crippen molar-refractivity contribution in [3.05, 3.63) is 34.3 Å². The molecule has 0 aromatic heterocycles. The summed E-state index contributed by atoms with van der Waals surface area (Å²) in [5.41, 5.74) is 1.05. The van der Waals surface area contributed by atoms with Crippen molar-refractivity contribution < 1.29 is 14.7 Å². The first-order valence-electron chi connectivity index (χ1n) is 7.49. The van der Waals surface area contributed by atoms with Gasteiger partial charge in [0.25, 0.3) is 0 Å². The fraction of sp³-hybridized carbons (Fsp3) is 0.500. The minimum Gasteiger partial charge on any atom is -0.481 e. The highest BCUT2D eigenvalue weighted by Crippen LogP contribution is 2.20. The topological polar surface area (TPSA) is 69.6 Å². The molecule has 1 aliphatic heterocycles. The number of rotatable bonds is 6. The molecule has 1 fully saturated rings. The fourth-order valence-electron chi connectivity index (χ4n) is 2.69. The van der Waals surface area contributed by atoms with E-state index in [-0.39, 0.29) is 18.2 Å². The first-order valence-corrected chi connectivity index (χ1v) is 8.28. The van der Waals surface area contributed by atoms with E-state index in [0.717, 1.165) is 36.0 Å². The Morgan fingerprint density at radius 1 is 1.27 bits per heavy atom. The molecule has 22 heavy (non-hydrogen) atoms. The maximum atomic E-state index is 12.0. The third kappa shape index (κ3) is 5.42. The van der Waals surface area contributed by atoms with Gasteiger partial charge < -0.3 is 10.4 Å². The second-order valence-electron chi connectivity index (χ2n) is 5.69. The number of amides is 1. The molecule has 1 aliphatic rings. The summed E-state index contributed by atoms with van der Waals surface area (Å²) in [4.78, 5) is 24.8. The van der Waals surface area contributed by atoms with Crippen molar-refractivity contribution in [3.8, 4) is 0 Å². The van der Waals surface area contributed by atoms with E-state index in [1.165, 1.54) is 0 Å². The number of carbonyl (C=O) groups is 2. The Labute approximate surface area is 138 Å². The van der Waals surface area contributed by atoms with Crippen LogP contribution in [-0.4, -0.2) is 41.5 Å². The largest absolute Gasteiger partial charge is 0.481 e. The summed E-state index contributed by atoms with van der Waals surface area (Å²) >= 11 is 3.46. The van der Waals surface area contributed by atoms with Gasteiger partial charge in [-0.1, -0.05) is 34.1 Å². The third-order valence-electron chi connectivity index (χ3n) is 3.97. The molecule has 2 N–H and O–H groups in total. The van der Waals surface area contributed by atoms with Gasteiger partial charge in [-0.05, 0) is 43.5 Å². The SMILES string of the molecule is O=C(O)CC1CCN(CC(=O)NCc2ccccc2Br)CC1. The Morgan fingerprint density at radius 3 is 2.59 bits per heavy atom. The molecular formula is C16H21BrN2O3. The molecule has 1 aromatic rings. The molecule has 0 aliphatic carbocycles. The monoisotopic (exact) mass is 368 g/mol. The first kappa shape index (κ1) is 17.0. The number of halogens is 1. The standard InChI is InChI=1S/C16H21BrN2O3/c17-14-4-2-1-3-13(14)10-18-15(20)11-19-7-5-12(6-8-19)9-16(21)22/h1-4,12H,5-11H2,(H,18,20)(H,21,22). The van der Waals surface area contributed by atoms with Crippen LogP contribution in [-0.2, 0) is 16.1 Å². The van der Waals surface area contributed by atoms with Crippen LogP contribution in [0.4, 0.5) is 0 Å². The second kappa shape index (κ2) is 8.29. The van der Waals surface area contributed by atoms with Crippen molar-refractivity contribution in [3.63, 3.8) is 0 Å². The minimum absolute atomic E-state index is 0.00689. The summed E-state index contributed by atoms with van der Waals surface area (Å²) in [7, 11) is 0. The third-order valence-corrected chi connectivity index (χ3v) is 4.75. The van der Waals surface area contributed by atoms with E-state index in [2.05, 4.69) is 26.1 Å². The van der Waals surface area contributed by atoms with Crippen LogP contribution in [0.2, 0.25) is 0 Å². The molecule has 1 heterocycles. The Kier molecular flexibility index (Phi) is 6.39. The molecule has 0 bridgehead atoms. The Balaban J connectivity index is 1.70. The number of hydrogen-bond donors (Lipinski definition) is 2. The van der Waals surface area contributed by atoms with Gasteiger partial charge in [0.2, 0.25) is 5.91 Å². The Hall–Kier alpha value is -1.40. The van der Waals surface area contributed by atoms with E-state index in [1.54, 1.807) is 0 Å². The van der Waals surface area contributed by atoms with Crippen LogP contribution in [0.15, 0.2) is 28.7 Å². The van der Waals surface area contributed by atoms with Gasteiger partial charge >= 0.3 is 5.97 Å². The normalized spacial score (nSPS) is 16.4. The van der Waals surface area contributed by atoms with Crippen molar-refractivity contribution in [1.29, 1.82) is 0 Å². The van der Waals surface area contributed by atoms with Crippen molar-refractivity contribution in [2.45, 2.75) is 25.8 Å². The lowest BCUT2D eigenvalue weighted by Gasteiger charge is -2.30. The lowest BCUT2D eigenvalue weighted by Crippen LogP contribution is -2.41. The van der Waals surface area contributed by atoms with Crippen LogP contribution < -0.4 is 5.32 Å². The number of likely N-dealkylation sites (tertiary alicyclic amines) is 1. The summed E-state index contributed by atoms with van der Waals surface area (Å²) in [6.07, 6.45) is 1.94. The highest BCUT2D eigenvalue weighted by Gasteiger charge is 2.22. The highest BCUT2D eigenvalue weighted by atomic mass is 79.9. The van der Waals surface area contributed by atoms with Gasteiger partial charge in [-0.2, -0.15) is 0 Å². The number of aliphatic carboxylic acids is 1. The van der Waals surface area contributed by atoms with Gasteiger partial charge in [-0.15, -0.1) is 0 Å². The van der Waals surface area contributed by atoms with Crippen LogP contribution in [0.25, 0.3) is 0 Å². The average molecular weight is 369 g/mol. The van der Waals surface area contributed by atoms with Crippen LogP contribution in [0.5, 0.6) is 0 Å². The zero-order chi connectivity index (χ0) is 15.9. The van der Waals surface area contributed by atoms with E-state index >= 15 is 0 Å². The van der Waals surface area contributed by atoms with E-state index < -0.39 is 5.97 Å². The number of nitrogens with one attached hydrogen (secondary N) is 1. The summed E-state index contributed by atoms with van der Waals surface area (Å²) in [5.74, 6) is -0.478. The summed E-state index contributed by atoms with van der Waals surface area (Å²) in [6, 6.07) is 7.81. The maximum Gasteiger partial charge on any atom is 0.303 e. The van der Waals surface area contributed by atoms with Gasteiger partial charge in [0.05, 0.1) is 6.54 Å². The number of hydrogen-bond acceptors (Lipinski definition) is 3. The maximum absolute atomic E-state index is 12.0. The molecular weight excluding hydrogens is 348 g/mol. The summed E-state index contributed by atoms with van der Waals surface area (Å²) in [6.45, 7) is 2.47. The van der Waals surface area contributed by atoms with Gasteiger partial charge in [-0.25, -0.2) is 0 Å². The molecule has 0 spiro atoms. The smallest absolute Gasteiger partial charge is 0.303 e. The predicted octanol–water partition coefficient (Wildman–Crippen LogP) is 2.25. The quantitative estimate of drug-likeness (QED) is 0.807. The number of piperidine rings is 1. The molecule has 5 nitrogen and oxygen atoms in total. The molecule has 0 saturated carbocycles. The lowest BCUT2D eigenvalue weighted by atomic mass is 9.94. The zero-order valence-corrected chi connectivity index (χ0v) is 14.0. The zero-order valence-electron chi connectivity index (χ0n) is 12.4. The average Bonchev–Trinajstić information content (AvgIpc) is 2.48. The summed E-state index contributed by atoms with van der Waals surface area (Å²) < 4.78 is 0.991. The van der Waals surface area contributed by atoms with E-state index in [9.17, 15) is 9.59 Å².